The number of hydrogen-bond donors (Lipinski definition) is 2. The number of aromatic nitrogens is 1. The lowest BCUT2D eigenvalue weighted by molar-refractivity contribution is -0.121. The molecule has 0 unspecified atom stereocenters. The van der Waals surface area contributed by atoms with Gasteiger partial charge in [-0.05, 0) is 49.2 Å². The second-order valence-corrected chi connectivity index (χ2v) is 7.68. The van der Waals surface area contributed by atoms with E-state index in [2.05, 4.69) is 15.6 Å². The summed E-state index contributed by atoms with van der Waals surface area (Å²) < 4.78 is 0. The molecular weight excluding hydrogens is 416 g/mol. The smallest absolute Gasteiger partial charge is 0.262 e. The van der Waals surface area contributed by atoms with Gasteiger partial charge in [0.05, 0.1) is 16.6 Å². The van der Waals surface area contributed by atoms with Crippen molar-refractivity contribution in [2.24, 2.45) is 0 Å². The molecule has 1 aromatic heterocycles. The summed E-state index contributed by atoms with van der Waals surface area (Å²) in [5, 5.41) is 7.81. The maximum atomic E-state index is 12.3. The van der Waals surface area contributed by atoms with Gasteiger partial charge in [-0.3, -0.25) is 24.3 Å². The van der Waals surface area contributed by atoms with Crippen LogP contribution in [0.25, 0.3) is 10.9 Å². The molecule has 2 heterocycles. The molecule has 158 valence electrons. The fourth-order valence-electron chi connectivity index (χ4n) is 3.56. The number of benzene rings is 2. The van der Waals surface area contributed by atoms with E-state index in [1.807, 2.05) is 24.3 Å². The summed E-state index contributed by atoms with van der Waals surface area (Å²) in [4.78, 5) is 42.1. The number of pyridine rings is 1. The van der Waals surface area contributed by atoms with Crippen LogP contribution in [0.4, 0.5) is 5.69 Å². The van der Waals surface area contributed by atoms with E-state index >= 15 is 0 Å². The summed E-state index contributed by atoms with van der Waals surface area (Å²) in [7, 11) is 0. The Balaban J connectivity index is 1.19. The first-order valence-electron chi connectivity index (χ1n) is 10.0. The van der Waals surface area contributed by atoms with Gasteiger partial charge in [-0.25, -0.2) is 0 Å². The molecule has 0 radical (unpaired) electrons. The number of fused-ring (bicyclic) bond motifs is 2. The summed E-state index contributed by atoms with van der Waals surface area (Å²) in [6.07, 6.45) is 3.33. The molecule has 4 rings (SSSR count). The average Bonchev–Trinajstić information content (AvgIpc) is 3.01. The largest absolute Gasteiger partial charge is 0.384 e. The van der Waals surface area contributed by atoms with E-state index in [9.17, 15) is 14.4 Å². The normalized spacial score (nSPS) is 12.9. The highest BCUT2D eigenvalue weighted by molar-refractivity contribution is 6.31. The molecule has 2 N–H and O–H groups in total. The number of anilines is 1. The molecule has 0 aliphatic carbocycles. The molecule has 0 fully saturated rings. The number of amides is 3. The number of halogens is 1. The summed E-state index contributed by atoms with van der Waals surface area (Å²) in [6.45, 7) is 0.933. The van der Waals surface area contributed by atoms with Crippen LogP contribution < -0.4 is 10.6 Å². The second-order valence-electron chi connectivity index (χ2n) is 7.25. The molecule has 3 aromatic rings. The van der Waals surface area contributed by atoms with Gasteiger partial charge in [-0.15, -0.1) is 0 Å². The first kappa shape index (κ1) is 20.8. The third-order valence-corrected chi connectivity index (χ3v) is 5.36. The number of carbonyl (C=O) groups is 3. The van der Waals surface area contributed by atoms with Crippen LogP contribution in [0.1, 0.15) is 33.6 Å². The zero-order chi connectivity index (χ0) is 21.8. The zero-order valence-corrected chi connectivity index (χ0v) is 17.5. The minimum atomic E-state index is -0.425. The molecule has 2 aromatic carbocycles. The lowest BCUT2D eigenvalue weighted by Crippen LogP contribution is -2.40. The molecule has 1 aliphatic rings. The summed E-state index contributed by atoms with van der Waals surface area (Å²) in [6, 6.07) is 14.1. The minimum absolute atomic E-state index is 0.268. The molecule has 0 saturated carbocycles. The van der Waals surface area contributed by atoms with E-state index in [-0.39, 0.29) is 12.5 Å². The van der Waals surface area contributed by atoms with Crippen molar-refractivity contribution in [3.63, 3.8) is 0 Å². The van der Waals surface area contributed by atoms with E-state index in [1.54, 1.807) is 30.5 Å². The van der Waals surface area contributed by atoms with Crippen molar-refractivity contribution in [1.82, 2.24) is 15.2 Å². The number of hydrogen-bond acceptors (Lipinski definition) is 5. The summed E-state index contributed by atoms with van der Waals surface area (Å²) >= 11 is 6.02. The fourth-order valence-corrected chi connectivity index (χ4v) is 3.72. The molecule has 1 aliphatic heterocycles. The zero-order valence-electron chi connectivity index (χ0n) is 16.7. The van der Waals surface area contributed by atoms with Crippen LogP contribution in [0.15, 0.2) is 54.7 Å². The van der Waals surface area contributed by atoms with Crippen molar-refractivity contribution >= 4 is 45.9 Å². The van der Waals surface area contributed by atoms with Crippen molar-refractivity contribution in [2.45, 2.75) is 12.8 Å². The van der Waals surface area contributed by atoms with E-state index < -0.39 is 11.8 Å². The van der Waals surface area contributed by atoms with Crippen LogP contribution in [0.2, 0.25) is 5.02 Å². The first-order valence-corrected chi connectivity index (χ1v) is 10.4. The van der Waals surface area contributed by atoms with E-state index in [1.165, 1.54) is 0 Å². The molecule has 0 spiro atoms. The number of unbranched alkanes of at least 4 members (excludes halogenated alkanes) is 1. The number of nitrogens with zero attached hydrogens (tertiary/aromatic N) is 2. The van der Waals surface area contributed by atoms with E-state index in [0.29, 0.717) is 22.7 Å². The Morgan fingerprint density at radius 3 is 2.42 bits per heavy atom. The van der Waals surface area contributed by atoms with Crippen LogP contribution >= 0.6 is 11.6 Å². The van der Waals surface area contributed by atoms with E-state index in [4.69, 9.17) is 11.6 Å². The molecule has 31 heavy (non-hydrogen) atoms. The summed E-state index contributed by atoms with van der Waals surface area (Å²) in [5.41, 5.74) is 2.50. The van der Waals surface area contributed by atoms with Crippen molar-refractivity contribution in [3.8, 4) is 0 Å². The molecule has 0 atom stereocenters. The number of carbonyl (C=O) groups excluding carboxylic acids is 3. The van der Waals surface area contributed by atoms with Gasteiger partial charge in [0.1, 0.15) is 6.54 Å². The number of rotatable bonds is 8. The highest BCUT2D eigenvalue weighted by Crippen LogP contribution is 2.24. The van der Waals surface area contributed by atoms with Gasteiger partial charge in [-0.2, -0.15) is 0 Å². The SMILES string of the molecule is O=C(CN1C(=O)c2ccccc2C1=O)NCCCCNc1ccnc2cc(Cl)ccc12. The molecule has 3 amide bonds. The predicted octanol–water partition coefficient (Wildman–Crippen LogP) is 3.49. The molecule has 0 saturated heterocycles. The highest BCUT2D eigenvalue weighted by atomic mass is 35.5. The van der Waals surface area contributed by atoms with Crippen molar-refractivity contribution < 1.29 is 14.4 Å². The Morgan fingerprint density at radius 2 is 1.68 bits per heavy atom. The standard InChI is InChI=1S/C23H21ClN4O3/c24-15-7-8-18-19(9-12-26-20(18)13-15)25-10-3-4-11-27-21(29)14-28-22(30)16-5-1-2-6-17(16)23(28)31/h1-2,5-9,12-13H,3-4,10-11,14H2,(H,25,26)(H,27,29). The van der Waals surface area contributed by atoms with Gasteiger partial charge in [0.25, 0.3) is 11.8 Å². The quantitative estimate of drug-likeness (QED) is 0.416. The van der Waals surface area contributed by atoms with Gasteiger partial charge in [0.2, 0.25) is 5.91 Å². The van der Waals surface area contributed by atoms with Gasteiger partial charge in [-0.1, -0.05) is 23.7 Å². The fraction of sp³-hybridized carbons (Fsp3) is 0.217. The maximum Gasteiger partial charge on any atom is 0.262 e. The third-order valence-electron chi connectivity index (χ3n) is 5.13. The Bertz CT molecular complexity index is 1130. The average molecular weight is 437 g/mol. The maximum absolute atomic E-state index is 12.3. The number of nitrogens with one attached hydrogen (secondary N) is 2. The first-order chi connectivity index (χ1) is 15.0. The Labute approximate surface area is 184 Å². The third kappa shape index (κ3) is 4.51. The van der Waals surface area contributed by atoms with Crippen LogP contribution in [-0.2, 0) is 4.79 Å². The van der Waals surface area contributed by atoms with Gasteiger partial charge >= 0.3 is 0 Å². The van der Waals surface area contributed by atoms with Gasteiger partial charge < -0.3 is 10.6 Å². The molecule has 0 bridgehead atoms. The number of imide groups is 1. The van der Waals surface area contributed by atoms with Gasteiger partial charge in [0, 0.05) is 35.4 Å². The Morgan fingerprint density at radius 1 is 0.968 bits per heavy atom. The lowest BCUT2D eigenvalue weighted by Gasteiger charge is -2.14. The van der Waals surface area contributed by atoms with Crippen LogP contribution in [-0.4, -0.2) is 47.2 Å². The molecule has 8 heteroatoms. The topological polar surface area (TPSA) is 91.4 Å². The molecule has 7 nitrogen and oxygen atoms in total. The summed E-state index contributed by atoms with van der Waals surface area (Å²) in [5.74, 6) is -1.20. The van der Waals surface area contributed by atoms with Crippen LogP contribution in [0.5, 0.6) is 0 Å². The van der Waals surface area contributed by atoms with E-state index in [0.717, 1.165) is 40.9 Å². The molecular formula is C23H21ClN4O3. The predicted molar refractivity (Wildman–Crippen MR) is 119 cm³/mol. The minimum Gasteiger partial charge on any atom is -0.384 e. The lowest BCUT2D eigenvalue weighted by atomic mass is 10.1. The van der Waals surface area contributed by atoms with Crippen molar-refractivity contribution in [1.29, 1.82) is 0 Å². The van der Waals surface area contributed by atoms with Gasteiger partial charge in [0.15, 0.2) is 0 Å². The van der Waals surface area contributed by atoms with Crippen LogP contribution in [0.3, 0.4) is 0 Å². The van der Waals surface area contributed by atoms with Crippen molar-refractivity contribution in [2.75, 3.05) is 25.0 Å². The highest BCUT2D eigenvalue weighted by Gasteiger charge is 2.36. The Kier molecular flexibility index (Phi) is 6.13. The van der Waals surface area contributed by atoms with Crippen molar-refractivity contribution in [3.05, 3.63) is 70.9 Å². The Hall–Kier alpha value is -3.45. The second kappa shape index (κ2) is 9.14. The monoisotopic (exact) mass is 436 g/mol. The van der Waals surface area contributed by atoms with Crippen LogP contribution in [0, 0.1) is 0 Å².